The maximum Gasteiger partial charge on any atom is 0.334 e. The molecule has 2 saturated carbocycles. The Hall–Kier alpha value is -2.46. The molecule has 8 rings (SSSR count). The van der Waals surface area contributed by atoms with E-state index < -0.39 is 47.8 Å². The number of aryl methyl sites for hydroxylation is 1. The number of aliphatic hydroxyl groups excluding tert-OH is 3. The molecule has 7 aliphatic rings. The first kappa shape index (κ1) is 34.6. The molecule has 0 bridgehead atoms. The number of cyclic esters (lactones) is 1. The molecule has 0 aromatic carbocycles. The van der Waals surface area contributed by atoms with Crippen LogP contribution in [0.1, 0.15) is 78.8 Å². The minimum Gasteiger partial charge on any atom is -0.459 e. The maximum absolute atomic E-state index is 13.6. The number of unbranched alkanes of at least 4 members (excludes halogenated alkanes) is 1. The topological polar surface area (TPSA) is 184 Å². The zero-order valence-corrected chi connectivity index (χ0v) is 29.6. The van der Waals surface area contributed by atoms with Crippen LogP contribution in [-0.4, -0.2) is 116 Å². The first-order valence-electron chi connectivity index (χ1n) is 18.3. The van der Waals surface area contributed by atoms with Crippen molar-refractivity contribution in [3.05, 3.63) is 23.0 Å². The van der Waals surface area contributed by atoms with Crippen LogP contribution in [0.25, 0.3) is 0 Å². The zero-order valence-electron chi connectivity index (χ0n) is 29.6. The number of carbonyl (C=O) groups excluding carboxylic acids is 2. The number of aromatic nitrogens is 3. The highest BCUT2D eigenvalue weighted by atomic mass is 16.7. The van der Waals surface area contributed by atoms with Gasteiger partial charge in [0.05, 0.1) is 37.3 Å². The van der Waals surface area contributed by atoms with Crippen molar-refractivity contribution in [2.24, 2.45) is 28.6 Å². The third kappa shape index (κ3) is 4.85. The summed E-state index contributed by atoms with van der Waals surface area (Å²) in [4.78, 5) is 26.0. The average molecular weight is 702 g/mol. The van der Waals surface area contributed by atoms with E-state index in [1.54, 1.807) is 13.1 Å². The highest BCUT2D eigenvalue weighted by molar-refractivity contribution is 5.92. The molecule has 0 radical (unpaired) electrons. The number of hydrogen-bond acceptors (Lipinski definition) is 13. The van der Waals surface area contributed by atoms with Crippen molar-refractivity contribution in [1.29, 1.82) is 0 Å². The van der Waals surface area contributed by atoms with Crippen LogP contribution >= 0.6 is 0 Å². The Morgan fingerprint density at radius 1 is 1.16 bits per heavy atom. The summed E-state index contributed by atoms with van der Waals surface area (Å²) < 4.78 is 38.5. The van der Waals surface area contributed by atoms with Crippen molar-refractivity contribution in [3.63, 3.8) is 0 Å². The molecule has 14 heteroatoms. The van der Waals surface area contributed by atoms with E-state index in [0.717, 1.165) is 36.1 Å². The van der Waals surface area contributed by atoms with Crippen molar-refractivity contribution in [2.45, 2.75) is 140 Å². The summed E-state index contributed by atoms with van der Waals surface area (Å²) in [6.45, 7) is 11.3. The van der Waals surface area contributed by atoms with E-state index in [1.807, 2.05) is 0 Å². The predicted octanol–water partition coefficient (Wildman–Crippen LogP) is 1.62. The zero-order chi connectivity index (χ0) is 35.4. The fourth-order valence-electron chi connectivity index (χ4n) is 10.8. The summed E-state index contributed by atoms with van der Waals surface area (Å²) in [6.07, 6.45) is 0.961. The molecule has 2 unspecified atom stereocenters. The van der Waals surface area contributed by atoms with Gasteiger partial charge >= 0.3 is 11.9 Å². The fourth-order valence-corrected chi connectivity index (χ4v) is 10.8. The molecule has 3 saturated heterocycles. The number of esters is 2. The van der Waals surface area contributed by atoms with Crippen LogP contribution in [-0.2, 0) is 51.2 Å². The smallest absolute Gasteiger partial charge is 0.334 e. The second-order valence-electron chi connectivity index (χ2n) is 16.5. The van der Waals surface area contributed by atoms with Gasteiger partial charge in [0.2, 0.25) is 0 Å². The highest BCUT2D eigenvalue weighted by Crippen LogP contribution is 2.82. The number of epoxide rings is 1. The molecule has 276 valence electrons. The van der Waals surface area contributed by atoms with Crippen molar-refractivity contribution in [2.75, 3.05) is 19.8 Å². The third-order valence-corrected chi connectivity index (χ3v) is 13.8. The van der Waals surface area contributed by atoms with Crippen molar-refractivity contribution in [3.8, 4) is 0 Å². The van der Waals surface area contributed by atoms with Gasteiger partial charge < -0.3 is 43.7 Å². The van der Waals surface area contributed by atoms with Gasteiger partial charge in [0, 0.05) is 28.7 Å². The second kappa shape index (κ2) is 12.0. The summed E-state index contributed by atoms with van der Waals surface area (Å²) in [6, 6.07) is 0. The van der Waals surface area contributed by atoms with Crippen LogP contribution in [0.15, 0.2) is 17.3 Å². The lowest BCUT2D eigenvalue weighted by Gasteiger charge is -2.61. The first-order valence-corrected chi connectivity index (χ1v) is 18.3. The van der Waals surface area contributed by atoms with Crippen LogP contribution < -0.4 is 0 Å². The lowest BCUT2D eigenvalue weighted by Crippen LogP contribution is -2.73. The number of ether oxygens (including phenoxy) is 6. The van der Waals surface area contributed by atoms with Gasteiger partial charge in [-0.25, -0.2) is 9.48 Å². The van der Waals surface area contributed by atoms with Crippen LogP contribution in [0.5, 0.6) is 0 Å². The number of hydrogen-bond donors (Lipinski definition) is 3. The summed E-state index contributed by atoms with van der Waals surface area (Å²) >= 11 is 0. The first-order chi connectivity index (χ1) is 23.8. The molecule has 0 amide bonds. The molecular weight excluding hydrogens is 650 g/mol. The number of fused-ring (bicyclic) bond motifs is 4. The van der Waals surface area contributed by atoms with E-state index >= 15 is 0 Å². The molecule has 5 heterocycles. The van der Waals surface area contributed by atoms with E-state index in [4.69, 9.17) is 28.4 Å². The standard InChI is InChI=1S/C36H51N3O11/c1-18(2)35-12-23(35)30-36(50-30)33(4)11-10-21-22(14-46-31(21)44)24(33)15-47-34(36,5)32(35)49-26(40)9-7-6-8-20-13-39(38-37-20)17-45-16-25-28(42)29(43)27(41)19(3)48-25/h13,18-19,23-25,27-30,32,41-43H,6-12,14-17H2,1-5H3/t19?,23-,24?,25+,27-,28+,29+,30-,32-,33-,34+,35+,36+/m0/s1. The molecular formula is C36H51N3O11. The quantitative estimate of drug-likeness (QED) is 0.172. The predicted molar refractivity (Wildman–Crippen MR) is 172 cm³/mol. The normalized spacial score (nSPS) is 45.6. The molecule has 13 atom stereocenters. The van der Waals surface area contributed by atoms with Crippen LogP contribution in [0.4, 0.5) is 0 Å². The van der Waals surface area contributed by atoms with Gasteiger partial charge in [-0.2, -0.15) is 0 Å². The Balaban J connectivity index is 0.865. The van der Waals surface area contributed by atoms with Crippen molar-refractivity contribution >= 4 is 11.9 Å². The Bertz CT molecular complexity index is 1560. The number of aliphatic hydroxyl groups is 3. The number of carbonyl (C=O) groups is 2. The average Bonchev–Trinajstić information content (AvgIpc) is 3.93. The monoisotopic (exact) mass is 701 g/mol. The summed E-state index contributed by atoms with van der Waals surface area (Å²) in [7, 11) is 0. The van der Waals surface area contributed by atoms with Gasteiger partial charge in [0.1, 0.15) is 55.1 Å². The van der Waals surface area contributed by atoms with E-state index in [0.29, 0.717) is 38.4 Å². The summed E-state index contributed by atoms with van der Waals surface area (Å²) in [5.74, 6) is 0.201. The third-order valence-electron chi connectivity index (χ3n) is 13.8. The maximum atomic E-state index is 13.6. The molecule has 1 aromatic rings. The lowest BCUT2D eigenvalue weighted by molar-refractivity contribution is -0.265. The number of rotatable bonds is 11. The second-order valence-corrected chi connectivity index (χ2v) is 16.5. The van der Waals surface area contributed by atoms with Crippen LogP contribution in [0.3, 0.4) is 0 Å². The van der Waals surface area contributed by atoms with Gasteiger partial charge in [-0.15, -0.1) is 5.10 Å². The largest absolute Gasteiger partial charge is 0.459 e. The highest BCUT2D eigenvalue weighted by Gasteiger charge is 2.93. The molecule has 5 fully saturated rings. The molecule has 14 nitrogen and oxygen atoms in total. The molecule has 50 heavy (non-hydrogen) atoms. The molecule has 3 N–H and O–H groups in total. The minimum atomic E-state index is -1.30. The fraction of sp³-hybridized carbons (Fsp3) is 0.833. The Kier molecular flexibility index (Phi) is 8.33. The van der Waals surface area contributed by atoms with Gasteiger partial charge in [-0.3, -0.25) is 4.79 Å². The van der Waals surface area contributed by atoms with Crippen LogP contribution in [0, 0.1) is 28.6 Å². The van der Waals surface area contributed by atoms with Crippen molar-refractivity contribution < 1.29 is 53.3 Å². The van der Waals surface area contributed by atoms with E-state index in [2.05, 4.69) is 38.0 Å². The Labute approximate surface area is 291 Å². The number of nitrogens with zero attached hydrogens (tertiary/aromatic N) is 3. The van der Waals surface area contributed by atoms with Gasteiger partial charge in [0.15, 0.2) is 0 Å². The summed E-state index contributed by atoms with van der Waals surface area (Å²) in [5.41, 5.74) is 0.806. The van der Waals surface area contributed by atoms with Crippen molar-refractivity contribution in [1.82, 2.24) is 15.0 Å². The molecule has 1 aromatic heterocycles. The Morgan fingerprint density at radius 3 is 2.74 bits per heavy atom. The van der Waals surface area contributed by atoms with Crippen LogP contribution in [0.2, 0.25) is 0 Å². The van der Waals surface area contributed by atoms with Gasteiger partial charge in [-0.1, -0.05) is 26.0 Å². The van der Waals surface area contributed by atoms with E-state index in [9.17, 15) is 24.9 Å². The van der Waals surface area contributed by atoms with E-state index in [-0.39, 0.29) is 60.5 Å². The van der Waals surface area contributed by atoms with Gasteiger partial charge in [-0.05, 0) is 69.8 Å². The van der Waals surface area contributed by atoms with Gasteiger partial charge in [0.25, 0.3) is 0 Å². The molecule has 4 aliphatic heterocycles. The SMILES string of the molecule is CC1O[C@H](COCn2cc(CCCCC(=O)O[C@@H]3[C@@]4(C(C)C)C[C@H]4[C@@H]4O[C@@]45[C@@]4(C)CCC6=C(COC6=O)C4CO[C@]35C)nn2)[C@@H](O)[C@H](O)[C@H]1O. The Morgan fingerprint density at radius 2 is 1.96 bits per heavy atom. The molecule has 1 spiro atoms. The minimum absolute atomic E-state index is 0.0131. The molecule has 3 aliphatic carbocycles. The van der Waals surface area contributed by atoms with E-state index in [1.165, 1.54) is 4.68 Å². The lowest BCUT2D eigenvalue weighted by atomic mass is 9.49. The summed E-state index contributed by atoms with van der Waals surface area (Å²) in [5, 5.41) is 38.4.